The van der Waals surface area contributed by atoms with Gasteiger partial charge in [0.1, 0.15) is 22.0 Å². The van der Waals surface area contributed by atoms with E-state index in [-0.39, 0.29) is 5.63 Å². The highest BCUT2D eigenvalue weighted by molar-refractivity contribution is 7.18. The summed E-state index contributed by atoms with van der Waals surface area (Å²) in [7, 11) is 0. The number of hydrogen-bond donors (Lipinski definition) is 0. The molecule has 132 valence electrons. The van der Waals surface area contributed by atoms with Gasteiger partial charge < -0.3 is 9.15 Å². The van der Waals surface area contributed by atoms with Crippen LogP contribution >= 0.6 is 11.3 Å². The monoisotopic (exact) mass is 366 g/mol. The number of ether oxygens (including phenoxy) is 1. The average Bonchev–Trinajstić information content (AvgIpc) is 2.87. The van der Waals surface area contributed by atoms with Crippen molar-refractivity contribution in [3.8, 4) is 11.6 Å². The third-order valence-electron chi connectivity index (χ3n) is 4.50. The van der Waals surface area contributed by atoms with Gasteiger partial charge >= 0.3 is 5.63 Å². The van der Waals surface area contributed by atoms with Gasteiger partial charge in [-0.3, -0.25) is 0 Å². The lowest BCUT2D eigenvalue weighted by Gasteiger charge is -2.09. The standard InChI is InChI=1S/C20H18N2O3S/c1-5-13-8-17(23)25-16-9-14(6-7-15(13)16)24-19-18-10(2)11(3)26-20(18)22-12(4)21-19/h6-9H,5H2,1-4H3. The third kappa shape index (κ3) is 2.76. The van der Waals surface area contributed by atoms with Gasteiger partial charge in [-0.05, 0) is 50.5 Å². The number of aromatic nitrogens is 2. The van der Waals surface area contributed by atoms with Crippen LogP contribution in [0.15, 0.2) is 33.5 Å². The Morgan fingerprint density at radius 2 is 1.96 bits per heavy atom. The van der Waals surface area contributed by atoms with Crippen molar-refractivity contribution < 1.29 is 9.15 Å². The molecule has 0 unspecified atom stereocenters. The molecule has 4 rings (SSSR count). The van der Waals surface area contributed by atoms with Gasteiger partial charge in [0, 0.05) is 22.4 Å². The molecule has 0 saturated heterocycles. The van der Waals surface area contributed by atoms with Crippen LogP contribution in [0.3, 0.4) is 0 Å². The Bertz CT molecular complexity index is 1210. The Hall–Kier alpha value is -2.73. The molecule has 0 fully saturated rings. The fourth-order valence-electron chi connectivity index (χ4n) is 3.07. The molecule has 6 heteroatoms. The first-order chi connectivity index (χ1) is 12.5. The molecule has 0 atom stereocenters. The van der Waals surface area contributed by atoms with Crippen molar-refractivity contribution in [1.29, 1.82) is 0 Å². The summed E-state index contributed by atoms with van der Waals surface area (Å²) in [5.74, 6) is 1.77. The fourth-order valence-corrected chi connectivity index (χ4v) is 4.13. The summed E-state index contributed by atoms with van der Waals surface area (Å²) in [5, 5.41) is 1.85. The lowest BCUT2D eigenvalue weighted by molar-refractivity contribution is 0.465. The molecule has 26 heavy (non-hydrogen) atoms. The van der Waals surface area contributed by atoms with Crippen LogP contribution in [-0.4, -0.2) is 9.97 Å². The molecule has 3 heterocycles. The zero-order valence-electron chi connectivity index (χ0n) is 15.0. The van der Waals surface area contributed by atoms with Crippen LogP contribution in [0, 0.1) is 20.8 Å². The van der Waals surface area contributed by atoms with E-state index in [1.165, 1.54) is 10.9 Å². The van der Waals surface area contributed by atoms with Crippen molar-refractivity contribution in [3.05, 3.63) is 56.5 Å². The van der Waals surface area contributed by atoms with Gasteiger partial charge in [-0.1, -0.05) is 6.92 Å². The summed E-state index contributed by atoms with van der Waals surface area (Å²) in [4.78, 5) is 22.9. The first kappa shape index (κ1) is 16.7. The molecule has 5 nitrogen and oxygen atoms in total. The zero-order valence-corrected chi connectivity index (χ0v) is 15.9. The predicted octanol–water partition coefficient (Wildman–Crippen LogP) is 5.08. The van der Waals surface area contributed by atoms with E-state index in [4.69, 9.17) is 9.15 Å². The maximum absolute atomic E-state index is 11.8. The zero-order chi connectivity index (χ0) is 18.4. The highest BCUT2D eigenvalue weighted by Gasteiger charge is 2.16. The first-order valence-electron chi connectivity index (χ1n) is 8.45. The molecule has 0 aliphatic rings. The van der Waals surface area contributed by atoms with Gasteiger partial charge in [0.2, 0.25) is 5.88 Å². The van der Waals surface area contributed by atoms with Crippen LogP contribution in [0.25, 0.3) is 21.2 Å². The number of fused-ring (bicyclic) bond motifs is 2. The van der Waals surface area contributed by atoms with Crippen molar-refractivity contribution in [1.82, 2.24) is 9.97 Å². The summed E-state index contributed by atoms with van der Waals surface area (Å²) in [6.07, 6.45) is 0.765. The quantitative estimate of drug-likeness (QED) is 0.473. The molecule has 3 aromatic heterocycles. The third-order valence-corrected chi connectivity index (χ3v) is 5.61. The molecule has 0 spiro atoms. The van der Waals surface area contributed by atoms with Gasteiger partial charge in [0.25, 0.3) is 0 Å². The first-order valence-corrected chi connectivity index (χ1v) is 9.27. The Balaban J connectivity index is 1.85. The minimum absolute atomic E-state index is 0.351. The summed E-state index contributed by atoms with van der Waals surface area (Å²) in [6.45, 7) is 7.98. The van der Waals surface area contributed by atoms with Crippen molar-refractivity contribution in [2.45, 2.75) is 34.1 Å². The topological polar surface area (TPSA) is 65.2 Å². The Morgan fingerprint density at radius 3 is 2.73 bits per heavy atom. The van der Waals surface area contributed by atoms with E-state index < -0.39 is 0 Å². The smallest absolute Gasteiger partial charge is 0.336 e. The Kier molecular flexibility index (Phi) is 4.00. The molecule has 4 aromatic rings. The maximum atomic E-state index is 11.8. The lowest BCUT2D eigenvalue weighted by Crippen LogP contribution is -2.00. The summed E-state index contributed by atoms with van der Waals surface area (Å²) >= 11 is 1.64. The van der Waals surface area contributed by atoms with Crippen LogP contribution in [0.5, 0.6) is 11.6 Å². The van der Waals surface area contributed by atoms with E-state index in [2.05, 4.69) is 16.9 Å². The predicted molar refractivity (Wildman–Crippen MR) is 104 cm³/mol. The summed E-state index contributed by atoms with van der Waals surface area (Å²) < 4.78 is 11.4. The van der Waals surface area contributed by atoms with Crippen LogP contribution in [0.4, 0.5) is 0 Å². The van der Waals surface area contributed by atoms with E-state index in [0.717, 1.165) is 33.2 Å². The van der Waals surface area contributed by atoms with Gasteiger partial charge in [-0.15, -0.1) is 11.3 Å². The van der Waals surface area contributed by atoms with Crippen LogP contribution < -0.4 is 10.4 Å². The highest BCUT2D eigenvalue weighted by atomic mass is 32.1. The van der Waals surface area contributed by atoms with Gasteiger partial charge in [-0.2, -0.15) is 4.98 Å². The molecular weight excluding hydrogens is 348 g/mol. The lowest BCUT2D eigenvalue weighted by atomic mass is 10.1. The summed E-state index contributed by atoms with van der Waals surface area (Å²) in [6, 6.07) is 7.08. The number of rotatable bonds is 3. The molecule has 0 N–H and O–H groups in total. The molecule has 0 radical (unpaired) electrons. The minimum atomic E-state index is -0.351. The number of nitrogens with zero attached hydrogens (tertiary/aromatic N) is 2. The van der Waals surface area contributed by atoms with Gasteiger partial charge in [0.15, 0.2) is 0 Å². The number of benzene rings is 1. The highest BCUT2D eigenvalue weighted by Crippen LogP contribution is 2.37. The number of aryl methyl sites for hydroxylation is 4. The molecule has 0 saturated carbocycles. The van der Waals surface area contributed by atoms with Crippen LogP contribution in [0.1, 0.15) is 28.8 Å². The SMILES string of the molecule is CCc1cc(=O)oc2cc(Oc3nc(C)nc4sc(C)c(C)c34)ccc12. The molecule has 0 aliphatic heterocycles. The summed E-state index contributed by atoms with van der Waals surface area (Å²) in [5.41, 5.74) is 2.26. The van der Waals surface area contributed by atoms with Crippen molar-refractivity contribution in [2.24, 2.45) is 0 Å². The van der Waals surface area contributed by atoms with Crippen LogP contribution in [-0.2, 0) is 6.42 Å². The number of thiophene rings is 1. The van der Waals surface area contributed by atoms with Crippen molar-refractivity contribution >= 4 is 32.5 Å². The van der Waals surface area contributed by atoms with E-state index in [0.29, 0.717) is 23.0 Å². The van der Waals surface area contributed by atoms with Crippen molar-refractivity contribution in [2.75, 3.05) is 0 Å². The van der Waals surface area contributed by atoms with Gasteiger partial charge in [-0.25, -0.2) is 9.78 Å². The second kappa shape index (κ2) is 6.21. The Labute approximate surface area is 154 Å². The largest absolute Gasteiger partial charge is 0.438 e. The Morgan fingerprint density at radius 1 is 1.15 bits per heavy atom. The van der Waals surface area contributed by atoms with E-state index in [9.17, 15) is 4.79 Å². The second-order valence-electron chi connectivity index (χ2n) is 6.24. The maximum Gasteiger partial charge on any atom is 0.336 e. The number of hydrogen-bond acceptors (Lipinski definition) is 6. The second-order valence-corrected chi connectivity index (χ2v) is 7.45. The molecule has 1 aromatic carbocycles. The normalized spacial score (nSPS) is 11.4. The van der Waals surface area contributed by atoms with E-state index in [1.54, 1.807) is 17.4 Å². The van der Waals surface area contributed by atoms with E-state index >= 15 is 0 Å². The van der Waals surface area contributed by atoms with Crippen LogP contribution in [0.2, 0.25) is 0 Å². The van der Waals surface area contributed by atoms with Crippen molar-refractivity contribution in [3.63, 3.8) is 0 Å². The molecule has 0 aliphatic carbocycles. The van der Waals surface area contributed by atoms with Gasteiger partial charge in [0.05, 0.1) is 5.39 Å². The van der Waals surface area contributed by atoms with E-state index in [1.807, 2.05) is 32.9 Å². The minimum Gasteiger partial charge on any atom is -0.438 e. The molecule has 0 bridgehead atoms. The molecule has 0 amide bonds. The molecular formula is C20H18N2O3S. The average molecular weight is 366 g/mol. The fraction of sp³-hybridized carbons (Fsp3) is 0.250.